The van der Waals surface area contributed by atoms with E-state index in [2.05, 4.69) is 9.97 Å². The van der Waals surface area contributed by atoms with Gasteiger partial charge in [-0.2, -0.15) is 13.2 Å². The molecule has 0 aromatic carbocycles. The van der Waals surface area contributed by atoms with E-state index in [-0.39, 0.29) is 5.47 Å². The van der Waals surface area contributed by atoms with E-state index in [1.807, 2.05) is 0 Å². The summed E-state index contributed by atoms with van der Waals surface area (Å²) >= 11 is 0. The molecule has 0 amide bonds. The molecule has 0 spiro atoms. The molecule has 1 aromatic rings. The average Bonchev–Trinajstić information content (AvgIpc) is 2.64. The second-order valence-electron chi connectivity index (χ2n) is 6.46. The minimum absolute atomic E-state index is 0.00218. The smallest absolute Gasteiger partial charge is 0.400 e. The highest BCUT2D eigenvalue weighted by atomic mass is 19.4. The largest absolute Gasteiger partial charge is 0.492 e. The molecule has 0 saturated carbocycles. The van der Waals surface area contributed by atoms with Crippen molar-refractivity contribution < 1.29 is 27.6 Å². The van der Waals surface area contributed by atoms with Crippen molar-refractivity contribution >= 4 is 13.2 Å². The number of nitrogens with zero attached hydrogens (tertiary/aromatic N) is 1. The van der Waals surface area contributed by atoms with Crippen LogP contribution in [0.15, 0.2) is 16.6 Å². The predicted molar refractivity (Wildman–Crippen MR) is 81.0 cm³/mol. The molecule has 10 heteroatoms. The lowest BCUT2D eigenvalue weighted by molar-refractivity contribution is -0.141. The summed E-state index contributed by atoms with van der Waals surface area (Å²) in [6.45, 7) is 6.42. The van der Waals surface area contributed by atoms with Crippen LogP contribution < -0.4 is 5.56 Å². The second kappa shape index (κ2) is 6.01. The van der Waals surface area contributed by atoms with E-state index in [0.717, 1.165) is 6.08 Å². The summed E-state index contributed by atoms with van der Waals surface area (Å²) in [5.74, 6) is 0. The number of H-pyrrole nitrogens is 1. The van der Waals surface area contributed by atoms with Crippen molar-refractivity contribution in [1.82, 2.24) is 9.97 Å². The Kier molecular flexibility index (Phi) is 4.68. The molecule has 1 aliphatic rings. The minimum atomic E-state index is -4.81. The molecule has 0 aliphatic carbocycles. The van der Waals surface area contributed by atoms with Crippen molar-refractivity contribution in [3.8, 4) is 0 Å². The second-order valence-corrected chi connectivity index (χ2v) is 6.46. The number of nitrogens with one attached hydrogen (secondary N) is 1. The summed E-state index contributed by atoms with van der Waals surface area (Å²) in [5, 5.41) is 9.53. The van der Waals surface area contributed by atoms with Gasteiger partial charge in [0.05, 0.1) is 29.7 Å². The zero-order chi connectivity index (χ0) is 18.3. The van der Waals surface area contributed by atoms with Gasteiger partial charge < -0.3 is 19.4 Å². The molecule has 0 atom stereocenters. The van der Waals surface area contributed by atoms with Gasteiger partial charge in [-0.3, -0.25) is 4.79 Å². The number of hydrogen-bond acceptors (Lipinski definition) is 5. The van der Waals surface area contributed by atoms with Crippen molar-refractivity contribution in [2.24, 2.45) is 0 Å². The fraction of sp³-hybridized carbons (Fsp3) is 0.571. The molecule has 1 fully saturated rings. The topological polar surface area (TPSA) is 84.4 Å². The molecule has 2 N–H and O–H groups in total. The Labute approximate surface area is 136 Å². The molecular weight excluding hydrogens is 328 g/mol. The van der Waals surface area contributed by atoms with E-state index in [0.29, 0.717) is 6.33 Å². The standard InChI is InChI=1S/C14H18BF3N2O4/c1-12(2)13(3,4)24-15(23-12)8(6-21)5-9-10(14(16,17)18)19-7-20-11(9)22/h5,7,21H,6H2,1-4H3,(H,19,20,22). The van der Waals surface area contributed by atoms with E-state index in [9.17, 15) is 23.1 Å². The van der Waals surface area contributed by atoms with E-state index in [4.69, 9.17) is 9.31 Å². The van der Waals surface area contributed by atoms with E-state index >= 15 is 0 Å². The van der Waals surface area contributed by atoms with Crippen LogP contribution in [0.1, 0.15) is 39.0 Å². The lowest BCUT2D eigenvalue weighted by Gasteiger charge is -2.32. The van der Waals surface area contributed by atoms with Crippen LogP contribution in [0.3, 0.4) is 0 Å². The van der Waals surface area contributed by atoms with E-state index in [1.165, 1.54) is 0 Å². The fourth-order valence-electron chi connectivity index (χ4n) is 2.14. The summed E-state index contributed by atoms with van der Waals surface area (Å²) in [5.41, 5.74) is -4.49. The number of halogens is 3. The summed E-state index contributed by atoms with van der Waals surface area (Å²) in [4.78, 5) is 17.1. The maximum Gasteiger partial charge on any atom is 0.492 e. The number of aliphatic hydroxyl groups is 1. The first kappa shape index (κ1) is 18.7. The van der Waals surface area contributed by atoms with Crippen molar-refractivity contribution in [3.05, 3.63) is 33.4 Å². The van der Waals surface area contributed by atoms with Gasteiger partial charge in [0.15, 0.2) is 5.69 Å². The number of aromatic amines is 1. The van der Waals surface area contributed by atoms with Crippen LogP contribution in [0, 0.1) is 0 Å². The molecule has 0 radical (unpaired) electrons. The molecular formula is C14H18BF3N2O4. The number of aliphatic hydroxyl groups excluding tert-OH is 1. The van der Waals surface area contributed by atoms with Crippen LogP contribution in [-0.2, 0) is 15.5 Å². The highest BCUT2D eigenvalue weighted by Gasteiger charge is 2.52. The van der Waals surface area contributed by atoms with Gasteiger partial charge in [-0.1, -0.05) is 0 Å². The van der Waals surface area contributed by atoms with Crippen LogP contribution in [0.2, 0.25) is 0 Å². The van der Waals surface area contributed by atoms with Gasteiger partial charge in [0.1, 0.15) is 0 Å². The summed E-state index contributed by atoms with van der Waals surface area (Å²) in [6, 6.07) is 0. The third-order valence-electron chi connectivity index (χ3n) is 4.23. The number of aromatic nitrogens is 2. The SMILES string of the molecule is CC1(C)OB(C(=Cc2c(C(F)(F)F)nc[nH]c2=O)CO)OC1(C)C. The highest BCUT2D eigenvalue weighted by molar-refractivity contribution is 6.55. The van der Waals surface area contributed by atoms with Crippen molar-refractivity contribution in [2.45, 2.75) is 45.1 Å². The van der Waals surface area contributed by atoms with Crippen LogP contribution in [0.25, 0.3) is 6.08 Å². The molecule has 1 aromatic heterocycles. The third kappa shape index (κ3) is 3.40. The van der Waals surface area contributed by atoms with Crippen LogP contribution in [0.4, 0.5) is 13.2 Å². The van der Waals surface area contributed by atoms with Gasteiger partial charge in [0, 0.05) is 0 Å². The lowest BCUT2D eigenvalue weighted by atomic mass is 9.77. The molecule has 1 saturated heterocycles. The first-order valence-electron chi connectivity index (χ1n) is 7.21. The van der Waals surface area contributed by atoms with Crippen LogP contribution >= 0.6 is 0 Å². The molecule has 0 bridgehead atoms. The number of alkyl halides is 3. The molecule has 2 rings (SSSR count). The lowest BCUT2D eigenvalue weighted by Crippen LogP contribution is -2.41. The normalized spacial score (nSPS) is 20.5. The fourth-order valence-corrected chi connectivity index (χ4v) is 2.14. The maximum atomic E-state index is 13.0. The molecule has 1 aliphatic heterocycles. The van der Waals surface area contributed by atoms with Gasteiger partial charge in [-0.25, -0.2) is 4.98 Å². The van der Waals surface area contributed by atoms with Gasteiger partial charge in [0.25, 0.3) is 5.56 Å². The van der Waals surface area contributed by atoms with Gasteiger partial charge in [-0.05, 0) is 39.2 Å². The number of rotatable bonds is 3. The summed E-state index contributed by atoms with van der Waals surface area (Å²) < 4.78 is 50.5. The van der Waals surface area contributed by atoms with Crippen LogP contribution in [0.5, 0.6) is 0 Å². The Morgan fingerprint density at radius 1 is 1.33 bits per heavy atom. The Balaban J connectivity index is 2.49. The molecule has 132 valence electrons. The molecule has 24 heavy (non-hydrogen) atoms. The molecule has 2 heterocycles. The average molecular weight is 346 g/mol. The van der Waals surface area contributed by atoms with E-state index in [1.54, 1.807) is 27.7 Å². The Morgan fingerprint density at radius 3 is 2.33 bits per heavy atom. The van der Waals surface area contributed by atoms with Crippen LogP contribution in [-0.4, -0.2) is 40.0 Å². The van der Waals surface area contributed by atoms with Crippen molar-refractivity contribution in [1.29, 1.82) is 0 Å². The van der Waals surface area contributed by atoms with Crippen molar-refractivity contribution in [2.75, 3.05) is 6.61 Å². The highest BCUT2D eigenvalue weighted by Crippen LogP contribution is 2.39. The number of hydrogen-bond donors (Lipinski definition) is 2. The Morgan fingerprint density at radius 2 is 1.88 bits per heavy atom. The predicted octanol–water partition coefficient (Wildman–Crippen LogP) is 1.80. The summed E-state index contributed by atoms with van der Waals surface area (Å²) in [6.07, 6.45) is -3.22. The zero-order valence-electron chi connectivity index (χ0n) is 13.7. The Hall–Kier alpha value is -1.65. The quantitative estimate of drug-likeness (QED) is 0.816. The first-order valence-corrected chi connectivity index (χ1v) is 7.21. The zero-order valence-corrected chi connectivity index (χ0v) is 13.7. The monoisotopic (exact) mass is 346 g/mol. The summed E-state index contributed by atoms with van der Waals surface area (Å²) in [7, 11) is -1.07. The molecule has 0 unspecified atom stereocenters. The van der Waals surface area contributed by atoms with Gasteiger partial charge in [-0.15, -0.1) is 0 Å². The first-order chi connectivity index (χ1) is 10.9. The Bertz CT molecular complexity index is 697. The van der Waals surface area contributed by atoms with Gasteiger partial charge >= 0.3 is 13.3 Å². The third-order valence-corrected chi connectivity index (χ3v) is 4.23. The molecule has 6 nitrogen and oxygen atoms in total. The van der Waals surface area contributed by atoms with E-state index < -0.39 is 47.9 Å². The van der Waals surface area contributed by atoms with Crippen molar-refractivity contribution in [3.63, 3.8) is 0 Å². The maximum absolute atomic E-state index is 13.0. The minimum Gasteiger partial charge on any atom is -0.400 e. The van der Waals surface area contributed by atoms with Gasteiger partial charge in [0.2, 0.25) is 0 Å².